The highest BCUT2D eigenvalue weighted by Crippen LogP contribution is 2.43. The molecule has 1 nitrogen and oxygen atoms in total. The minimum Gasteiger partial charge on any atom is -0.319 e. The summed E-state index contributed by atoms with van der Waals surface area (Å²) in [6.07, 6.45) is 5.48. The summed E-state index contributed by atoms with van der Waals surface area (Å²) >= 11 is 0. The van der Waals surface area contributed by atoms with E-state index in [1.54, 1.807) is 0 Å². The van der Waals surface area contributed by atoms with Crippen LogP contribution in [0.5, 0.6) is 0 Å². The van der Waals surface area contributed by atoms with Crippen molar-refractivity contribution in [1.82, 2.24) is 5.32 Å². The van der Waals surface area contributed by atoms with Crippen molar-refractivity contribution in [3.05, 3.63) is 35.4 Å². The number of hydrogen-bond acceptors (Lipinski definition) is 1. The highest BCUT2D eigenvalue weighted by molar-refractivity contribution is 5.30. The van der Waals surface area contributed by atoms with Gasteiger partial charge in [0.15, 0.2) is 0 Å². The van der Waals surface area contributed by atoms with Gasteiger partial charge in [0.1, 0.15) is 0 Å². The lowest BCUT2D eigenvalue weighted by Gasteiger charge is -2.42. The van der Waals surface area contributed by atoms with Crippen molar-refractivity contribution in [2.45, 2.75) is 44.9 Å². The Kier molecular flexibility index (Phi) is 3.88. The van der Waals surface area contributed by atoms with E-state index in [-0.39, 0.29) is 0 Å². The summed E-state index contributed by atoms with van der Waals surface area (Å²) in [4.78, 5) is 0. The smallest absolute Gasteiger partial charge is 0.00151 e. The molecule has 94 valence electrons. The first kappa shape index (κ1) is 12.6. The molecule has 1 N–H and O–H groups in total. The molecule has 0 saturated heterocycles. The lowest BCUT2D eigenvalue weighted by atomic mass is 9.63. The van der Waals surface area contributed by atoms with Crippen LogP contribution in [0, 0.1) is 12.8 Å². The molecule has 0 aliphatic heterocycles. The van der Waals surface area contributed by atoms with Gasteiger partial charge in [-0.2, -0.15) is 0 Å². The van der Waals surface area contributed by atoms with Crippen molar-refractivity contribution >= 4 is 0 Å². The molecule has 0 radical (unpaired) electrons. The fraction of sp³-hybridized carbons (Fsp3) is 0.625. The fourth-order valence-corrected chi connectivity index (χ4v) is 3.36. The van der Waals surface area contributed by atoms with Crippen molar-refractivity contribution < 1.29 is 0 Å². The van der Waals surface area contributed by atoms with Crippen LogP contribution in [0.25, 0.3) is 0 Å². The van der Waals surface area contributed by atoms with Gasteiger partial charge in [-0.25, -0.2) is 0 Å². The van der Waals surface area contributed by atoms with Crippen molar-refractivity contribution in [3.63, 3.8) is 0 Å². The van der Waals surface area contributed by atoms with Gasteiger partial charge < -0.3 is 5.32 Å². The highest BCUT2D eigenvalue weighted by Gasteiger charge is 2.37. The third-order valence-corrected chi connectivity index (χ3v) is 4.53. The topological polar surface area (TPSA) is 12.0 Å². The van der Waals surface area contributed by atoms with E-state index in [0.29, 0.717) is 5.41 Å². The van der Waals surface area contributed by atoms with Gasteiger partial charge in [-0.05, 0) is 50.3 Å². The van der Waals surface area contributed by atoms with E-state index in [2.05, 4.69) is 50.5 Å². The van der Waals surface area contributed by atoms with Crippen molar-refractivity contribution in [3.8, 4) is 0 Å². The molecule has 0 amide bonds. The predicted molar refractivity (Wildman–Crippen MR) is 74.4 cm³/mol. The Morgan fingerprint density at radius 1 is 1.35 bits per heavy atom. The summed E-state index contributed by atoms with van der Waals surface area (Å²) in [5.41, 5.74) is 3.29. The number of nitrogens with one attached hydrogen (secondary N) is 1. The van der Waals surface area contributed by atoms with E-state index in [4.69, 9.17) is 0 Å². The minimum atomic E-state index is 0.368. The molecule has 1 aliphatic rings. The molecule has 0 heterocycles. The van der Waals surface area contributed by atoms with Crippen LogP contribution in [-0.4, -0.2) is 13.6 Å². The molecule has 1 aliphatic carbocycles. The predicted octanol–water partition coefficient (Wildman–Crippen LogP) is 3.66. The van der Waals surface area contributed by atoms with Gasteiger partial charge >= 0.3 is 0 Å². The maximum atomic E-state index is 3.38. The number of aryl methyl sites for hydroxylation is 1. The molecule has 1 aromatic rings. The first-order valence-electron chi connectivity index (χ1n) is 6.88. The van der Waals surface area contributed by atoms with Gasteiger partial charge in [-0.1, -0.05) is 49.6 Å². The van der Waals surface area contributed by atoms with Crippen LogP contribution in [0.15, 0.2) is 24.3 Å². The first-order valence-corrected chi connectivity index (χ1v) is 6.88. The van der Waals surface area contributed by atoms with Crippen molar-refractivity contribution in [2.24, 2.45) is 5.92 Å². The van der Waals surface area contributed by atoms with E-state index in [1.165, 1.54) is 36.8 Å². The Morgan fingerprint density at radius 3 is 2.88 bits per heavy atom. The van der Waals surface area contributed by atoms with E-state index >= 15 is 0 Å². The van der Waals surface area contributed by atoms with E-state index in [9.17, 15) is 0 Å². The largest absolute Gasteiger partial charge is 0.319 e. The summed E-state index contributed by atoms with van der Waals surface area (Å²) in [7, 11) is 2.07. The second-order valence-electron chi connectivity index (χ2n) is 5.79. The van der Waals surface area contributed by atoms with Crippen LogP contribution in [0.4, 0.5) is 0 Å². The van der Waals surface area contributed by atoms with Gasteiger partial charge in [0.25, 0.3) is 0 Å². The third-order valence-electron chi connectivity index (χ3n) is 4.53. The molecule has 0 unspecified atom stereocenters. The molecule has 2 rings (SSSR count). The zero-order valence-electron chi connectivity index (χ0n) is 11.4. The minimum absolute atomic E-state index is 0.368. The quantitative estimate of drug-likeness (QED) is 0.837. The lowest BCUT2D eigenvalue weighted by Crippen LogP contribution is -2.40. The summed E-state index contributed by atoms with van der Waals surface area (Å²) < 4.78 is 0. The molecule has 1 aromatic carbocycles. The third kappa shape index (κ3) is 2.55. The van der Waals surface area contributed by atoms with Crippen molar-refractivity contribution in [2.75, 3.05) is 13.6 Å². The Bertz CT molecular complexity index is 370. The molecular weight excluding hydrogens is 206 g/mol. The lowest BCUT2D eigenvalue weighted by molar-refractivity contribution is 0.201. The molecule has 1 saturated carbocycles. The summed E-state index contributed by atoms with van der Waals surface area (Å²) in [6.45, 7) is 5.80. The van der Waals surface area contributed by atoms with Crippen LogP contribution < -0.4 is 5.32 Å². The maximum Gasteiger partial charge on any atom is -0.00151 e. The molecule has 0 spiro atoms. The summed E-state index contributed by atoms with van der Waals surface area (Å²) in [5, 5.41) is 3.38. The van der Waals surface area contributed by atoms with Crippen LogP contribution in [-0.2, 0) is 5.41 Å². The summed E-state index contributed by atoms with van der Waals surface area (Å²) in [5.74, 6) is 0.781. The van der Waals surface area contributed by atoms with Crippen molar-refractivity contribution in [1.29, 1.82) is 0 Å². The van der Waals surface area contributed by atoms with E-state index in [1.807, 2.05) is 0 Å². The standard InChI is InChI=1S/C16H25N/c1-13-7-6-9-14(11-13)16(2)10-5-4-8-15(16)12-17-3/h6-7,9,11,15,17H,4-5,8,10,12H2,1-3H3/t15-,16-/m1/s1. The average Bonchev–Trinajstić information content (AvgIpc) is 2.32. The Morgan fingerprint density at radius 2 is 2.18 bits per heavy atom. The Balaban J connectivity index is 2.30. The maximum absolute atomic E-state index is 3.38. The number of rotatable bonds is 3. The molecule has 17 heavy (non-hydrogen) atoms. The van der Waals surface area contributed by atoms with Gasteiger partial charge in [-0.3, -0.25) is 0 Å². The second kappa shape index (κ2) is 5.22. The Labute approximate surface area is 106 Å². The van der Waals surface area contributed by atoms with Crippen LogP contribution in [0.2, 0.25) is 0 Å². The molecule has 0 aromatic heterocycles. The van der Waals surface area contributed by atoms with Gasteiger partial charge in [-0.15, -0.1) is 0 Å². The highest BCUT2D eigenvalue weighted by atomic mass is 14.8. The normalized spacial score (nSPS) is 29.2. The van der Waals surface area contributed by atoms with Crippen LogP contribution in [0.1, 0.15) is 43.7 Å². The number of hydrogen-bond donors (Lipinski definition) is 1. The molecule has 0 bridgehead atoms. The van der Waals surface area contributed by atoms with Gasteiger partial charge in [0.2, 0.25) is 0 Å². The van der Waals surface area contributed by atoms with E-state index < -0.39 is 0 Å². The molecule has 1 fully saturated rings. The van der Waals surface area contributed by atoms with Crippen LogP contribution >= 0.6 is 0 Å². The molecular formula is C16H25N. The average molecular weight is 231 g/mol. The van der Waals surface area contributed by atoms with Gasteiger partial charge in [0, 0.05) is 0 Å². The summed E-state index contributed by atoms with van der Waals surface area (Å²) in [6, 6.07) is 9.11. The van der Waals surface area contributed by atoms with Crippen LogP contribution in [0.3, 0.4) is 0 Å². The second-order valence-corrected chi connectivity index (χ2v) is 5.79. The number of benzene rings is 1. The monoisotopic (exact) mass is 231 g/mol. The molecule has 2 atom stereocenters. The first-order chi connectivity index (χ1) is 8.16. The zero-order chi connectivity index (χ0) is 12.3. The zero-order valence-corrected chi connectivity index (χ0v) is 11.4. The molecule has 1 heteroatoms. The Hall–Kier alpha value is -0.820. The van der Waals surface area contributed by atoms with E-state index in [0.717, 1.165) is 12.5 Å². The fourth-order valence-electron chi connectivity index (χ4n) is 3.36. The van der Waals surface area contributed by atoms with Gasteiger partial charge in [0.05, 0.1) is 0 Å². The SMILES string of the molecule is CNC[C@H]1CCCC[C@]1(C)c1cccc(C)c1.